The van der Waals surface area contributed by atoms with Gasteiger partial charge in [-0.15, -0.1) is 0 Å². The number of hydrogen-bond acceptors (Lipinski definition) is 4. The highest BCUT2D eigenvalue weighted by molar-refractivity contribution is 7.89. The van der Waals surface area contributed by atoms with Gasteiger partial charge in [-0.3, -0.25) is 0 Å². The third-order valence-corrected chi connectivity index (χ3v) is 6.01. The van der Waals surface area contributed by atoms with E-state index >= 15 is 0 Å². The molecule has 3 rings (SSSR count). The molecule has 1 heterocycles. The Morgan fingerprint density at radius 2 is 1.60 bits per heavy atom. The van der Waals surface area contributed by atoms with Gasteiger partial charge in [0.2, 0.25) is 10.0 Å². The summed E-state index contributed by atoms with van der Waals surface area (Å²) in [5.41, 5.74) is 2.34. The number of benzene rings is 1. The maximum atomic E-state index is 12.5. The maximum absolute atomic E-state index is 12.5. The summed E-state index contributed by atoms with van der Waals surface area (Å²) in [6, 6.07) is 5.28. The molecule has 20 heavy (non-hydrogen) atoms. The Morgan fingerprint density at radius 3 is 2.25 bits per heavy atom. The van der Waals surface area contributed by atoms with E-state index in [-0.39, 0.29) is 18.0 Å². The van der Waals surface area contributed by atoms with Crippen LogP contribution in [0.4, 0.5) is 0 Å². The van der Waals surface area contributed by atoms with Crippen LogP contribution < -0.4 is 0 Å². The van der Waals surface area contributed by atoms with Gasteiger partial charge in [-0.05, 0) is 48.9 Å². The van der Waals surface area contributed by atoms with Crippen LogP contribution in [0.3, 0.4) is 0 Å². The average Bonchev–Trinajstić information content (AvgIpc) is 2.79. The van der Waals surface area contributed by atoms with Crippen molar-refractivity contribution in [2.45, 2.75) is 42.8 Å². The highest BCUT2D eigenvalue weighted by Crippen LogP contribution is 2.27. The Labute approximate surface area is 118 Å². The molecule has 1 aliphatic carbocycles. The Bertz CT molecular complexity index is 604. The molecule has 6 heteroatoms. The van der Waals surface area contributed by atoms with Gasteiger partial charge in [-0.2, -0.15) is 4.31 Å². The number of aliphatic hydroxyl groups excluding tert-OH is 2. The second-order valence-electron chi connectivity index (χ2n) is 5.59. The standard InChI is InChI=1S/C14H19NO4S/c16-13-8-15(9-14(13)17)20(18,19)12-6-5-10-3-1-2-4-11(10)7-12/h5-7,13-14,16-17H,1-4,8-9H2/t13-,14+. The minimum Gasteiger partial charge on any atom is -0.389 e. The van der Waals surface area contributed by atoms with E-state index in [1.54, 1.807) is 12.1 Å². The molecule has 1 saturated heterocycles. The van der Waals surface area contributed by atoms with Gasteiger partial charge in [0.25, 0.3) is 0 Å². The molecule has 1 aromatic carbocycles. The molecule has 5 nitrogen and oxygen atoms in total. The molecule has 2 N–H and O–H groups in total. The lowest BCUT2D eigenvalue weighted by molar-refractivity contribution is 0.0572. The fourth-order valence-electron chi connectivity index (χ4n) is 2.95. The lowest BCUT2D eigenvalue weighted by Crippen LogP contribution is -2.30. The fraction of sp³-hybridized carbons (Fsp3) is 0.571. The first-order valence-electron chi connectivity index (χ1n) is 6.96. The Balaban J connectivity index is 1.92. The quantitative estimate of drug-likeness (QED) is 0.822. The summed E-state index contributed by atoms with van der Waals surface area (Å²) >= 11 is 0. The largest absolute Gasteiger partial charge is 0.389 e. The molecule has 1 fully saturated rings. The number of fused-ring (bicyclic) bond motifs is 1. The monoisotopic (exact) mass is 297 g/mol. The zero-order chi connectivity index (χ0) is 14.3. The maximum Gasteiger partial charge on any atom is 0.243 e. The van der Waals surface area contributed by atoms with E-state index in [9.17, 15) is 18.6 Å². The molecular weight excluding hydrogens is 278 g/mol. The first-order valence-corrected chi connectivity index (χ1v) is 8.40. The molecule has 0 saturated carbocycles. The fourth-order valence-corrected chi connectivity index (χ4v) is 4.48. The van der Waals surface area contributed by atoms with E-state index in [0.717, 1.165) is 35.6 Å². The number of aryl methyl sites for hydroxylation is 2. The smallest absolute Gasteiger partial charge is 0.243 e. The van der Waals surface area contributed by atoms with Crippen molar-refractivity contribution in [1.82, 2.24) is 4.31 Å². The highest BCUT2D eigenvalue weighted by Gasteiger charge is 2.37. The summed E-state index contributed by atoms with van der Waals surface area (Å²) < 4.78 is 26.2. The minimum absolute atomic E-state index is 0.0411. The van der Waals surface area contributed by atoms with Crippen molar-refractivity contribution in [2.75, 3.05) is 13.1 Å². The van der Waals surface area contributed by atoms with Crippen LogP contribution in [0.15, 0.2) is 23.1 Å². The van der Waals surface area contributed by atoms with Crippen molar-refractivity contribution in [3.8, 4) is 0 Å². The van der Waals surface area contributed by atoms with E-state index < -0.39 is 22.2 Å². The summed E-state index contributed by atoms with van der Waals surface area (Å²) in [6.07, 6.45) is 2.19. The van der Waals surface area contributed by atoms with Gasteiger partial charge < -0.3 is 10.2 Å². The van der Waals surface area contributed by atoms with Gasteiger partial charge in [-0.25, -0.2) is 8.42 Å². The molecule has 0 bridgehead atoms. The Morgan fingerprint density at radius 1 is 1.00 bits per heavy atom. The van der Waals surface area contributed by atoms with Gasteiger partial charge in [0.1, 0.15) is 0 Å². The minimum atomic E-state index is -3.62. The number of hydrogen-bond donors (Lipinski definition) is 2. The second-order valence-corrected chi connectivity index (χ2v) is 7.53. The summed E-state index contributed by atoms with van der Waals surface area (Å²) in [6.45, 7) is -0.0822. The summed E-state index contributed by atoms with van der Waals surface area (Å²) in [7, 11) is -3.62. The van der Waals surface area contributed by atoms with E-state index in [0.29, 0.717) is 0 Å². The Kier molecular flexibility index (Phi) is 3.58. The molecule has 0 aromatic heterocycles. The average molecular weight is 297 g/mol. The van der Waals surface area contributed by atoms with Crippen LogP contribution >= 0.6 is 0 Å². The normalized spacial score (nSPS) is 27.5. The predicted molar refractivity (Wildman–Crippen MR) is 73.9 cm³/mol. The predicted octanol–water partition coefficient (Wildman–Crippen LogP) is 0.291. The second kappa shape index (κ2) is 5.11. The summed E-state index contributed by atoms with van der Waals surface area (Å²) in [4.78, 5) is 0.263. The van der Waals surface area contributed by atoms with E-state index in [4.69, 9.17) is 0 Å². The van der Waals surface area contributed by atoms with E-state index in [1.807, 2.05) is 6.07 Å². The molecule has 0 amide bonds. The first kappa shape index (κ1) is 14.0. The number of nitrogens with zero attached hydrogens (tertiary/aromatic N) is 1. The van der Waals surface area contributed by atoms with Crippen molar-refractivity contribution in [1.29, 1.82) is 0 Å². The third-order valence-electron chi connectivity index (χ3n) is 4.18. The molecule has 2 aliphatic rings. The molecule has 110 valence electrons. The number of rotatable bonds is 2. The molecule has 0 unspecified atom stereocenters. The van der Waals surface area contributed by atoms with Gasteiger partial charge >= 0.3 is 0 Å². The molecule has 0 radical (unpaired) electrons. The van der Waals surface area contributed by atoms with Crippen molar-refractivity contribution in [2.24, 2.45) is 0 Å². The lowest BCUT2D eigenvalue weighted by Gasteiger charge is -2.19. The van der Waals surface area contributed by atoms with Crippen LogP contribution in [0, 0.1) is 0 Å². The van der Waals surface area contributed by atoms with Crippen molar-refractivity contribution < 1.29 is 18.6 Å². The number of aliphatic hydroxyl groups is 2. The van der Waals surface area contributed by atoms with Crippen LogP contribution in [0.25, 0.3) is 0 Å². The summed E-state index contributed by atoms with van der Waals surface area (Å²) in [5.74, 6) is 0. The third kappa shape index (κ3) is 2.37. The molecule has 2 atom stereocenters. The molecule has 0 spiro atoms. The first-order chi connectivity index (χ1) is 9.48. The van der Waals surface area contributed by atoms with Gasteiger partial charge in [-0.1, -0.05) is 6.07 Å². The van der Waals surface area contributed by atoms with Crippen LogP contribution in [-0.2, 0) is 22.9 Å². The number of β-amino-alcohol motifs (C(OH)–C–C–N with tert-alkyl or cyclic N) is 2. The van der Waals surface area contributed by atoms with Gasteiger partial charge in [0.15, 0.2) is 0 Å². The van der Waals surface area contributed by atoms with Gasteiger partial charge in [0.05, 0.1) is 17.1 Å². The topological polar surface area (TPSA) is 77.8 Å². The zero-order valence-corrected chi connectivity index (χ0v) is 12.0. The van der Waals surface area contributed by atoms with Crippen molar-refractivity contribution >= 4 is 10.0 Å². The molecule has 1 aromatic rings. The van der Waals surface area contributed by atoms with Crippen LogP contribution in [0.5, 0.6) is 0 Å². The van der Waals surface area contributed by atoms with Crippen molar-refractivity contribution in [3.05, 3.63) is 29.3 Å². The molecular formula is C14H19NO4S. The Hall–Kier alpha value is -0.950. The van der Waals surface area contributed by atoms with Crippen LogP contribution in [-0.4, -0.2) is 48.2 Å². The van der Waals surface area contributed by atoms with Gasteiger partial charge in [0, 0.05) is 13.1 Å². The van der Waals surface area contributed by atoms with E-state index in [2.05, 4.69) is 0 Å². The molecule has 1 aliphatic heterocycles. The van der Waals surface area contributed by atoms with Crippen molar-refractivity contribution in [3.63, 3.8) is 0 Å². The van der Waals surface area contributed by atoms with Crippen LogP contribution in [0.1, 0.15) is 24.0 Å². The summed E-state index contributed by atoms with van der Waals surface area (Å²) in [5, 5.41) is 19.0. The SMILES string of the molecule is O=S(=O)(c1ccc2c(c1)CCCC2)N1C[C@@H](O)[C@@H](O)C1. The number of sulfonamides is 1. The zero-order valence-electron chi connectivity index (χ0n) is 11.2. The van der Waals surface area contributed by atoms with Crippen LogP contribution in [0.2, 0.25) is 0 Å². The van der Waals surface area contributed by atoms with E-state index in [1.165, 1.54) is 5.56 Å². The lowest BCUT2D eigenvalue weighted by atomic mass is 9.92. The highest BCUT2D eigenvalue weighted by atomic mass is 32.2.